The molecule has 0 spiro atoms. The van der Waals surface area contributed by atoms with Gasteiger partial charge in [-0.15, -0.1) is 0 Å². The fraction of sp³-hybridized carbons (Fsp3) is 0.0588. The van der Waals surface area contributed by atoms with Crippen LogP contribution in [0, 0.1) is 10.1 Å². The molecule has 108 valence electrons. The Labute approximate surface area is 125 Å². The molecule has 2 aromatic carbocycles. The number of nitro groups is 1. The molecule has 1 aliphatic rings. The molecule has 0 atom stereocenters. The summed E-state index contributed by atoms with van der Waals surface area (Å²) in [7, 11) is 0. The van der Waals surface area contributed by atoms with E-state index in [2.05, 4.69) is 0 Å². The minimum atomic E-state index is -0.352. The number of nitrogens with zero attached hydrogens (tertiary/aromatic N) is 2. The number of anilines is 1. The summed E-state index contributed by atoms with van der Waals surface area (Å²) < 4.78 is 5.97. The van der Waals surface area contributed by atoms with Crippen LogP contribution in [0.15, 0.2) is 70.9 Å². The average molecular weight is 292 g/mol. The Morgan fingerprint density at radius 3 is 2.77 bits per heavy atom. The van der Waals surface area contributed by atoms with Crippen LogP contribution in [0.4, 0.5) is 5.69 Å². The van der Waals surface area contributed by atoms with Crippen LogP contribution in [-0.4, -0.2) is 11.5 Å². The zero-order chi connectivity index (χ0) is 15.1. The molecule has 0 aliphatic carbocycles. The van der Waals surface area contributed by atoms with Gasteiger partial charge in [0.15, 0.2) is 5.58 Å². The molecule has 22 heavy (non-hydrogen) atoms. The number of rotatable bonds is 2. The molecular formula is C17H12N2O3. The summed E-state index contributed by atoms with van der Waals surface area (Å²) in [6.07, 6.45) is 5.04. The number of allylic oxidation sites excluding steroid dienone is 2. The van der Waals surface area contributed by atoms with Crippen molar-refractivity contribution in [2.45, 2.75) is 0 Å². The lowest BCUT2D eigenvalue weighted by Crippen LogP contribution is -2.24. The van der Waals surface area contributed by atoms with Crippen LogP contribution in [-0.2, 0) is 0 Å². The fourth-order valence-electron chi connectivity index (χ4n) is 2.78. The first-order valence-corrected chi connectivity index (χ1v) is 6.93. The van der Waals surface area contributed by atoms with Gasteiger partial charge in [0.1, 0.15) is 12.1 Å². The van der Waals surface area contributed by atoms with E-state index < -0.39 is 0 Å². The van der Waals surface area contributed by atoms with Gasteiger partial charge in [-0.1, -0.05) is 30.3 Å². The molecule has 0 bridgehead atoms. The van der Waals surface area contributed by atoms with Gasteiger partial charge >= 0.3 is 0 Å². The van der Waals surface area contributed by atoms with Gasteiger partial charge in [0.05, 0.1) is 10.6 Å². The summed E-state index contributed by atoms with van der Waals surface area (Å²) in [4.78, 5) is 12.5. The van der Waals surface area contributed by atoms with Gasteiger partial charge in [-0.25, -0.2) is 0 Å². The lowest BCUT2D eigenvalue weighted by molar-refractivity contribution is -0.425. The van der Waals surface area contributed by atoms with Crippen molar-refractivity contribution < 1.29 is 9.34 Å². The Morgan fingerprint density at radius 1 is 1.09 bits per heavy atom. The first kappa shape index (κ1) is 12.6. The second-order valence-corrected chi connectivity index (χ2v) is 5.14. The molecule has 0 unspecified atom stereocenters. The molecule has 2 heterocycles. The quantitative estimate of drug-likeness (QED) is 0.527. The molecule has 1 aromatic heterocycles. The van der Waals surface area contributed by atoms with Crippen molar-refractivity contribution in [2.24, 2.45) is 0 Å². The van der Waals surface area contributed by atoms with Gasteiger partial charge in [-0.3, -0.25) is 10.1 Å². The molecule has 4 rings (SSSR count). The molecule has 3 aromatic rings. The van der Waals surface area contributed by atoms with E-state index in [-0.39, 0.29) is 17.2 Å². The maximum Gasteiger partial charge on any atom is 0.265 e. The summed E-state index contributed by atoms with van der Waals surface area (Å²) in [6.45, 7) is 0.222. The Kier molecular flexibility index (Phi) is 2.72. The third-order valence-electron chi connectivity index (χ3n) is 3.81. The lowest BCUT2D eigenvalue weighted by Gasteiger charge is -2.21. The smallest absolute Gasteiger partial charge is 0.265 e. The zero-order valence-electron chi connectivity index (χ0n) is 11.6. The third-order valence-corrected chi connectivity index (χ3v) is 3.81. The van der Waals surface area contributed by atoms with E-state index >= 15 is 0 Å². The van der Waals surface area contributed by atoms with Crippen LogP contribution in [0.25, 0.3) is 21.9 Å². The summed E-state index contributed by atoms with van der Waals surface area (Å²) in [6, 6.07) is 13.7. The molecule has 1 aliphatic heterocycles. The van der Waals surface area contributed by atoms with Gasteiger partial charge in [-0.05, 0) is 18.2 Å². The second-order valence-electron chi connectivity index (χ2n) is 5.14. The Morgan fingerprint density at radius 2 is 1.91 bits per heavy atom. The summed E-state index contributed by atoms with van der Waals surface area (Å²) in [5.74, 6) is 0. The predicted octanol–water partition coefficient (Wildman–Crippen LogP) is 4.08. The molecule has 0 radical (unpaired) electrons. The minimum Gasteiger partial charge on any atom is -0.454 e. The van der Waals surface area contributed by atoms with E-state index in [0.717, 1.165) is 27.6 Å². The van der Waals surface area contributed by atoms with Crippen LogP contribution in [0.5, 0.6) is 0 Å². The van der Waals surface area contributed by atoms with E-state index in [0.29, 0.717) is 0 Å². The summed E-state index contributed by atoms with van der Waals surface area (Å²) in [5, 5.41) is 13.0. The number of hydrogen-bond acceptors (Lipinski definition) is 4. The monoisotopic (exact) mass is 292 g/mol. The van der Waals surface area contributed by atoms with Crippen molar-refractivity contribution in [3.05, 3.63) is 76.6 Å². The highest BCUT2D eigenvalue weighted by molar-refractivity contribution is 6.09. The maximum atomic E-state index is 11.0. The van der Waals surface area contributed by atoms with Crippen LogP contribution in [0.3, 0.4) is 0 Å². The molecule has 0 amide bonds. The third kappa shape index (κ3) is 1.87. The highest BCUT2D eigenvalue weighted by Gasteiger charge is 2.21. The van der Waals surface area contributed by atoms with Gasteiger partial charge in [0, 0.05) is 23.0 Å². The normalized spacial score (nSPS) is 14.5. The summed E-state index contributed by atoms with van der Waals surface area (Å²) in [5.41, 5.74) is 2.56. The molecular weight excluding hydrogens is 280 g/mol. The number of benzene rings is 2. The number of furan rings is 1. The number of para-hydroxylation sites is 2. The first-order chi connectivity index (χ1) is 10.7. The molecule has 0 N–H and O–H groups in total. The van der Waals surface area contributed by atoms with Gasteiger partial charge < -0.3 is 9.32 Å². The Balaban J connectivity index is 1.88. The van der Waals surface area contributed by atoms with Crippen LogP contribution >= 0.6 is 0 Å². The van der Waals surface area contributed by atoms with Crippen LogP contribution in [0.2, 0.25) is 0 Å². The molecule has 0 saturated heterocycles. The first-order valence-electron chi connectivity index (χ1n) is 6.93. The maximum absolute atomic E-state index is 11.0. The average Bonchev–Trinajstić information content (AvgIpc) is 2.93. The predicted molar refractivity (Wildman–Crippen MR) is 85.3 cm³/mol. The zero-order valence-corrected chi connectivity index (χ0v) is 11.6. The van der Waals surface area contributed by atoms with Crippen molar-refractivity contribution in [2.75, 3.05) is 11.4 Å². The highest BCUT2D eigenvalue weighted by atomic mass is 16.6. The van der Waals surface area contributed by atoms with Crippen molar-refractivity contribution in [1.82, 2.24) is 0 Å². The molecule has 0 saturated carbocycles. The van der Waals surface area contributed by atoms with Crippen molar-refractivity contribution in [1.29, 1.82) is 0 Å². The van der Waals surface area contributed by atoms with Crippen molar-refractivity contribution in [3.8, 4) is 0 Å². The van der Waals surface area contributed by atoms with E-state index in [9.17, 15) is 10.1 Å². The Bertz CT molecular complexity index is 953. The second kappa shape index (κ2) is 4.73. The summed E-state index contributed by atoms with van der Waals surface area (Å²) >= 11 is 0. The minimum absolute atomic E-state index is 0.163. The number of fused-ring (bicyclic) bond motifs is 3. The van der Waals surface area contributed by atoms with E-state index in [1.165, 1.54) is 6.08 Å². The van der Waals surface area contributed by atoms with Gasteiger partial charge in [-0.2, -0.15) is 0 Å². The van der Waals surface area contributed by atoms with Crippen LogP contribution in [0.1, 0.15) is 0 Å². The topological polar surface area (TPSA) is 59.5 Å². The van der Waals surface area contributed by atoms with Crippen molar-refractivity contribution >= 4 is 27.6 Å². The van der Waals surface area contributed by atoms with E-state index in [1.807, 2.05) is 53.6 Å². The van der Waals surface area contributed by atoms with Crippen LogP contribution < -0.4 is 4.90 Å². The highest BCUT2D eigenvalue weighted by Crippen LogP contribution is 2.35. The standard InChI is InChI=1S/C17H12N2O3/c20-19(21)12-5-4-10-18(11-12)15-8-3-7-14-13-6-1-2-9-16(13)22-17(14)15/h1-10H,11H2. The van der Waals surface area contributed by atoms with Crippen molar-refractivity contribution in [3.63, 3.8) is 0 Å². The fourth-order valence-corrected chi connectivity index (χ4v) is 2.78. The van der Waals surface area contributed by atoms with E-state index in [1.54, 1.807) is 6.08 Å². The largest absolute Gasteiger partial charge is 0.454 e. The Hall–Kier alpha value is -3.08. The molecule has 0 fully saturated rings. The van der Waals surface area contributed by atoms with Gasteiger partial charge in [0.2, 0.25) is 0 Å². The lowest BCUT2D eigenvalue weighted by atomic mass is 10.1. The SMILES string of the molecule is O=[N+]([O-])C1=CC=CN(c2cccc3c2oc2ccccc23)C1. The van der Waals surface area contributed by atoms with Gasteiger partial charge in [0.25, 0.3) is 5.70 Å². The molecule has 5 heteroatoms. The van der Waals surface area contributed by atoms with E-state index in [4.69, 9.17) is 4.42 Å². The number of hydrogen-bond donors (Lipinski definition) is 0. The molecule has 5 nitrogen and oxygen atoms in total.